The van der Waals surface area contributed by atoms with Crippen LogP contribution < -0.4 is 22.5 Å². The summed E-state index contributed by atoms with van der Waals surface area (Å²) >= 11 is 1.32. The molecule has 2 aliphatic rings. The summed E-state index contributed by atoms with van der Waals surface area (Å²) in [5.74, 6) is 0. The molecular formula is C50H95N6O21P5S2. The summed E-state index contributed by atoms with van der Waals surface area (Å²) in [5.41, 5.74) is -4.69. The zero-order valence-corrected chi connectivity index (χ0v) is 56.6. The molecule has 2 N–H and O–H groups in total. The molecule has 488 valence electrons. The van der Waals surface area contributed by atoms with Crippen LogP contribution >= 0.6 is 56.8 Å². The minimum Gasteiger partial charge on any atom is -0.382 e. The van der Waals surface area contributed by atoms with Crippen molar-refractivity contribution in [2.24, 2.45) is 0 Å². The molecule has 5 unspecified atom stereocenters. The van der Waals surface area contributed by atoms with E-state index in [1.54, 1.807) is 55.4 Å². The van der Waals surface area contributed by atoms with E-state index in [4.69, 9.17) is 66.9 Å². The summed E-state index contributed by atoms with van der Waals surface area (Å²) < 4.78 is 135. The molecule has 0 radical (unpaired) electrons. The minimum atomic E-state index is -4.04. The fraction of sp³-hybridized carbons (Fsp3) is 0.820. The van der Waals surface area contributed by atoms with Gasteiger partial charge in [-0.3, -0.25) is 37.7 Å². The van der Waals surface area contributed by atoms with E-state index in [9.17, 15) is 37.4 Å². The van der Waals surface area contributed by atoms with Gasteiger partial charge >= 0.3 is 25.0 Å². The van der Waals surface area contributed by atoms with Crippen molar-refractivity contribution >= 4 is 56.8 Å². The van der Waals surface area contributed by atoms with Crippen LogP contribution in [0.4, 0.5) is 0 Å². The number of H-pyrrole nitrogens is 2. The molecule has 0 spiro atoms. The zero-order chi connectivity index (χ0) is 62.3. The van der Waals surface area contributed by atoms with Crippen molar-refractivity contribution in [3.8, 4) is 0 Å². The van der Waals surface area contributed by atoms with E-state index in [1.807, 2.05) is 32.4 Å². The van der Waals surface area contributed by atoms with Crippen LogP contribution in [0.3, 0.4) is 0 Å². The standard InChI is InChI=1S/C28H51N4O11P3S.C20H36N2O10P2S.2CH4/c1-13-40-46(36,47-45(11,12)35)43-28(7,8)24-22(42-44(39-15-14-29-9)32(19(2)3)20(4)5)23(38-17-16-37-10)26(41-24)31-18-21(6)25(33)30-27(31)34;1-9-30-34(26,35-33(7,8)25)32-20(3,4)16-14(28-6)15(29-11-10-27-5)18(31-16)22-12-13(2)17(23)21-19(22)24;;/h18-20,22-24,26H,13-17H2,1-8,10-12H3,(H,30,33,34);12,14-16,18H,9-11H2,1-8H3,(H,21,23,24);2*1H4/t22-,23+,24?,26+,44?,46?;14-,15+,16?,18+,34?;;/m00../s1. The Morgan fingerprint density at radius 2 is 1.05 bits per heavy atom. The molecule has 2 saturated heterocycles. The van der Waals surface area contributed by atoms with E-state index in [-0.39, 0.29) is 85.3 Å². The minimum absolute atomic E-state index is 0. The van der Waals surface area contributed by atoms with E-state index >= 15 is 0 Å². The molecular weight excluding hydrogens is 1240 g/mol. The molecule has 84 heavy (non-hydrogen) atoms. The maximum atomic E-state index is 14.0. The zero-order valence-electron chi connectivity index (χ0n) is 50.5. The van der Waals surface area contributed by atoms with E-state index < -0.39 is 118 Å². The molecule has 0 saturated carbocycles. The topological polar surface area (TPSA) is 306 Å². The van der Waals surface area contributed by atoms with Crippen molar-refractivity contribution < 1.29 is 78.6 Å². The Hall–Kier alpha value is -1.66. The lowest BCUT2D eigenvalue weighted by atomic mass is 9.95. The van der Waals surface area contributed by atoms with Gasteiger partial charge in [-0.1, -0.05) is 14.9 Å². The van der Waals surface area contributed by atoms with Crippen molar-refractivity contribution in [3.05, 3.63) is 76.6 Å². The second-order valence-corrected chi connectivity index (χ2v) is 42.4. The second-order valence-electron chi connectivity index (χ2n) is 21.1. The van der Waals surface area contributed by atoms with Crippen LogP contribution in [0.1, 0.15) is 108 Å². The summed E-state index contributed by atoms with van der Waals surface area (Å²) in [6.45, 7) is 27.3. The predicted molar refractivity (Wildman–Crippen MR) is 332 cm³/mol. The number of aromatic nitrogens is 4. The Morgan fingerprint density at radius 3 is 1.38 bits per heavy atom. The molecule has 34 heteroatoms. The lowest BCUT2D eigenvalue weighted by Gasteiger charge is -2.40. The number of aromatic amines is 2. The molecule has 27 nitrogen and oxygen atoms in total. The van der Waals surface area contributed by atoms with Gasteiger partial charge in [-0.2, -0.15) is 0 Å². The van der Waals surface area contributed by atoms with E-state index in [1.165, 1.54) is 69.5 Å². The van der Waals surface area contributed by atoms with E-state index in [0.29, 0.717) is 27.6 Å². The Balaban J connectivity index is 0.000000853. The highest BCUT2D eigenvalue weighted by atomic mass is 33.1. The van der Waals surface area contributed by atoms with Gasteiger partial charge in [0, 0.05) is 78.9 Å². The number of nitrogens with zero attached hydrogens (tertiary/aromatic N) is 4. The van der Waals surface area contributed by atoms with Gasteiger partial charge in [-0.15, -0.1) is 0 Å². The van der Waals surface area contributed by atoms with Crippen LogP contribution in [0.5, 0.6) is 0 Å². The van der Waals surface area contributed by atoms with Crippen molar-refractivity contribution in [3.63, 3.8) is 0 Å². The fourth-order valence-corrected chi connectivity index (χ4v) is 28.9. The molecule has 11 atom stereocenters. The third kappa shape index (κ3) is 23.3. The third-order valence-corrected chi connectivity index (χ3v) is 33.0. The van der Waals surface area contributed by atoms with Gasteiger partial charge in [0.2, 0.25) is 6.54 Å². The van der Waals surface area contributed by atoms with Gasteiger partial charge in [0.05, 0.1) is 39.6 Å². The van der Waals surface area contributed by atoms with Crippen LogP contribution in [-0.2, 0) is 78.6 Å². The van der Waals surface area contributed by atoms with E-state index in [0.717, 1.165) is 0 Å². The van der Waals surface area contributed by atoms with Gasteiger partial charge in [0.15, 0.2) is 12.5 Å². The van der Waals surface area contributed by atoms with Gasteiger partial charge in [-0.05, 0) is 110 Å². The second kappa shape index (κ2) is 35.1. The quantitative estimate of drug-likeness (QED) is 0.0381. The highest BCUT2D eigenvalue weighted by molar-refractivity contribution is 8.86. The van der Waals surface area contributed by atoms with Crippen LogP contribution in [0.15, 0.2) is 31.6 Å². The lowest BCUT2D eigenvalue weighted by molar-refractivity contribution is -0.119. The average Bonchev–Trinajstić information content (AvgIpc) is 2.49. The summed E-state index contributed by atoms with van der Waals surface area (Å²) in [7, 11) is 2.64. The number of hydrogen-bond acceptors (Lipinski definition) is 24. The van der Waals surface area contributed by atoms with Gasteiger partial charge in [0.25, 0.3) is 19.6 Å². The molecule has 0 aromatic carbocycles. The molecule has 4 heterocycles. The van der Waals surface area contributed by atoms with E-state index in [2.05, 4.69) is 14.8 Å². The van der Waals surface area contributed by atoms with Crippen LogP contribution in [-0.4, -0.2) is 184 Å². The number of aryl methyl sites for hydroxylation is 2. The van der Waals surface area contributed by atoms with Gasteiger partial charge < -0.3 is 65.2 Å². The smallest absolute Gasteiger partial charge is 0.382 e. The summed E-state index contributed by atoms with van der Waals surface area (Å²) in [5, 5.41) is 0. The largest absolute Gasteiger partial charge is 0.396 e. The van der Waals surface area contributed by atoms with Gasteiger partial charge in [-0.25, -0.2) is 30.0 Å². The first-order valence-electron chi connectivity index (χ1n) is 26.3. The van der Waals surface area contributed by atoms with Crippen molar-refractivity contribution in [2.45, 2.75) is 170 Å². The molecule has 2 aromatic rings. The average molecular weight is 1340 g/mol. The normalized spacial score (nSPS) is 23.1. The first kappa shape index (κ1) is 80.4. The lowest BCUT2D eigenvalue weighted by Crippen LogP contribution is -2.49. The Labute approximate surface area is 504 Å². The Bertz CT molecular complexity index is 2850. The first-order valence-corrected chi connectivity index (χ1v) is 39.8. The molecule has 2 aromatic heterocycles. The van der Waals surface area contributed by atoms with Crippen LogP contribution in [0.25, 0.3) is 4.85 Å². The summed E-state index contributed by atoms with van der Waals surface area (Å²) in [4.78, 5) is 58.0. The summed E-state index contributed by atoms with van der Waals surface area (Å²) in [6, 6.07) is -0.0740. The van der Waals surface area contributed by atoms with Crippen LogP contribution in [0, 0.1) is 20.4 Å². The van der Waals surface area contributed by atoms with Crippen molar-refractivity contribution in [1.82, 2.24) is 23.8 Å². The maximum Gasteiger partial charge on any atom is 0.396 e. The number of nitrogens with one attached hydrogen (secondary N) is 2. The van der Waals surface area contributed by atoms with Crippen molar-refractivity contribution in [1.29, 1.82) is 0 Å². The number of rotatable bonds is 33. The molecule has 2 fully saturated rings. The van der Waals surface area contributed by atoms with Crippen molar-refractivity contribution in [2.75, 3.05) is 101 Å². The fourth-order valence-electron chi connectivity index (χ4n) is 8.66. The molecule has 0 aliphatic carbocycles. The Kier molecular flexibility index (Phi) is 33.6. The monoisotopic (exact) mass is 1330 g/mol. The first-order chi connectivity index (χ1) is 38.0. The summed E-state index contributed by atoms with van der Waals surface area (Å²) in [6.07, 6.45) is -10.8. The number of ether oxygens (including phenoxy) is 7. The highest BCUT2D eigenvalue weighted by Crippen LogP contribution is 2.78. The number of hydrogen-bond donors (Lipinski definition) is 2. The highest BCUT2D eigenvalue weighted by Gasteiger charge is 2.59. The molecule has 2 aliphatic heterocycles. The molecule has 0 bridgehead atoms. The maximum absolute atomic E-state index is 14.0. The van der Waals surface area contributed by atoms with Gasteiger partial charge in [0.1, 0.15) is 67.1 Å². The molecule has 4 rings (SSSR count). The van der Waals surface area contributed by atoms with Crippen LogP contribution in [0.2, 0.25) is 0 Å². The Morgan fingerprint density at radius 1 is 0.667 bits per heavy atom. The molecule has 0 amide bonds. The SMILES string of the molecule is C.C.CCOP(=O)(OC(C)(C)C1O[C@@H](n2cc(C)c(=O)[nH]c2=O)[C@H](OCCOC)[C@@H]1OC)SP(C)(C)=O.[C-]#[N+]CCOP(O[C@@H]1C(C(C)(C)OP(=O)(OCC)SP(C)(C)=O)O[C@@H](n2cc(C)c(=O)[nH]c2=O)[C@@H]1OCCOC)N(C(C)C)C(C)C. The number of methoxy groups -OCH3 is 3. The predicted octanol–water partition coefficient (Wildman–Crippen LogP) is 9.92. The third-order valence-electron chi connectivity index (χ3n) is 11.8.